The minimum absolute atomic E-state index is 0.0362. The Morgan fingerprint density at radius 3 is 3.09 bits per heavy atom. The number of hydrogen-bond donors (Lipinski definition) is 1. The molecular formula is C24H23ClFN5O2S. The second-order valence-electron chi connectivity index (χ2n) is 8.87. The first-order valence-corrected chi connectivity index (χ1v) is 12.5. The molecule has 2 atom stereocenters. The van der Waals surface area contributed by atoms with Crippen molar-refractivity contribution in [3.8, 4) is 0 Å². The topological polar surface area (TPSA) is 70.6 Å². The van der Waals surface area contributed by atoms with Gasteiger partial charge in [0.15, 0.2) is 0 Å². The summed E-state index contributed by atoms with van der Waals surface area (Å²) in [6.45, 7) is 3.75. The third kappa shape index (κ3) is 4.07. The zero-order valence-electron chi connectivity index (χ0n) is 18.3. The van der Waals surface area contributed by atoms with Crippen molar-refractivity contribution in [2.45, 2.75) is 31.5 Å². The van der Waals surface area contributed by atoms with Crippen LogP contribution < -0.4 is 5.32 Å². The molecule has 0 aliphatic carbocycles. The molecule has 5 heterocycles. The number of rotatable bonds is 5. The van der Waals surface area contributed by atoms with Crippen molar-refractivity contribution in [2.24, 2.45) is 0 Å². The Morgan fingerprint density at radius 2 is 2.29 bits per heavy atom. The van der Waals surface area contributed by atoms with Crippen LogP contribution in [-0.2, 0) is 22.5 Å². The molecule has 0 saturated carbocycles. The van der Waals surface area contributed by atoms with Gasteiger partial charge in [-0.1, -0.05) is 17.7 Å². The first-order valence-electron chi connectivity index (χ1n) is 11.3. The number of amides is 1. The summed E-state index contributed by atoms with van der Waals surface area (Å²) in [4.78, 5) is 28.0. The third-order valence-electron chi connectivity index (χ3n) is 6.75. The molecule has 2 saturated heterocycles. The van der Waals surface area contributed by atoms with Gasteiger partial charge in [-0.2, -0.15) is 0 Å². The number of nitrogens with zero attached hydrogens (tertiary/aromatic N) is 4. The van der Waals surface area contributed by atoms with Gasteiger partial charge in [-0.15, -0.1) is 11.3 Å². The lowest BCUT2D eigenvalue weighted by molar-refractivity contribution is -0.126. The maximum atomic E-state index is 13.5. The van der Waals surface area contributed by atoms with Crippen LogP contribution in [0.4, 0.5) is 15.9 Å². The largest absolute Gasteiger partial charge is 0.375 e. The number of ether oxygens (including phenoxy) is 1. The molecule has 2 fully saturated rings. The molecule has 34 heavy (non-hydrogen) atoms. The summed E-state index contributed by atoms with van der Waals surface area (Å²) >= 11 is 7.52. The molecule has 6 rings (SSSR count). The SMILES string of the molecule is O=C(C=CCN1CC2CC1CO2)N1CCc2c(sc3ncnc(Nc4ccc(F)c(Cl)c4)c23)C1. The van der Waals surface area contributed by atoms with Gasteiger partial charge in [0.1, 0.15) is 22.8 Å². The quantitative estimate of drug-likeness (QED) is 0.532. The van der Waals surface area contributed by atoms with Crippen molar-refractivity contribution in [2.75, 3.05) is 31.6 Å². The Hall–Kier alpha value is -2.59. The molecule has 3 aliphatic heterocycles. The van der Waals surface area contributed by atoms with Gasteiger partial charge in [-0.3, -0.25) is 9.69 Å². The average Bonchev–Trinajstić information content (AvgIpc) is 3.55. The average molecular weight is 500 g/mol. The molecule has 1 aromatic carbocycles. The molecule has 1 amide bonds. The molecular weight excluding hydrogens is 477 g/mol. The summed E-state index contributed by atoms with van der Waals surface area (Å²) in [7, 11) is 0. The normalized spacial score (nSPS) is 22.1. The number of anilines is 2. The molecule has 2 bridgehead atoms. The van der Waals surface area contributed by atoms with Crippen molar-refractivity contribution >= 4 is 50.6 Å². The number of morpholine rings is 1. The van der Waals surface area contributed by atoms with E-state index in [1.807, 2.05) is 11.0 Å². The number of halogens is 2. The molecule has 7 nitrogen and oxygen atoms in total. The smallest absolute Gasteiger partial charge is 0.246 e. The Balaban J connectivity index is 1.17. The lowest BCUT2D eigenvalue weighted by Crippen LogP contribution is -2.37. The third-order valence-corrected chi connectivity index (χ3v) is 8.16. The van der Waals surface area contributed by atoms with E-state index in [4.69, 9.17) is 16.3 Å². The van der Waals surface area contributed by atoms with Crippen molar-refractivity contribution in [1.29, 1.82) is 0 Å². The van der Waals surface area contributed by atoms with Gasteiger partial charge >= 0.3 is 0 Å². The van der Waals surface area contributed by atoms with Crippen LogP contribution in [0, 0.1) is 5.82 Å². The van der Waals surface area contributed by atoms with Crippen molar-refractivity contribution in [3.63, 3.8) is 0 Å². The zero-order valence-corrected chi connectivity index (χ0v) is 19.9. The first kappa shape index (κ1) is 21.9. The number of aromatic nitrogens is 2. The van der Waals surface area contributed by atoms with Crippen LogP contribution in [0.2, 0.25) is 5.02 Å². The van der Waals surface area contributed by atoms with E-state index < -0.39 is 5.82 Å². The number of fused-ring (bicyclic) bond motifs is 5. The monoisotopic (exact) mass is 499 g/mol. The van der Waals surface area contributed by atoms with Gasteiger partial charge in [-0.25, -0.2) is 14.4 Å². The Morgan fingerprint density at radius 1 is 1.38 bits per heavy atom. The second kappa shape index (κ2) is 8.88. The number of carbonyl (C=O) groups excluding carboxylic acids is 1. The van der Waals surface area contributed by atoms with E-state index >= 15 is 0 Å². The van der Waals surface area contributed by atoms with Crippen molar-refractivity contribution < 1.29 is 13.9 Å². The van der Waals surface area contributed by atoms with Gasteiger partial charge in [0, 0.05) is 42.3 Å². The van der Waals surface area contributed by atoms with Gasteiger partial charge in [-0.05, 0) is 36.6 Å². The van der Waals surface area contributed by atoms with E-state index in [1.165, 1.54) is 18.5 Å². The van der Waals surface area contributed by atoms with Crippen LogP contribution in [0.1, 0.15) is 16.9 Å². The summed E-state index contributed by atoms with van der Waals surface area (Å²) in [6, 6.07) is 4.98. The second-order valence-corrected chi connectivity index (χ2v) is 10.4. The molecule has 0 spiro atoms. The molecule has 2 aromatic heterocycles. The maximum Gasteiger partial charge on any atom is 0.246 e. The Kier molecular flexibility index (Phi) is 5.73. The molecule has 1 N–H and O–H groups in total. The van der Waals surface area contributed by atoms with Crippen molar-refractivity contribution in [3.05, 3.63) is 58.0 Å². The van der Waals surface area contributed by atoms with Crippen LogP contribution in [-0.4, -0.2) is 64.1 Å². The van der Waals surface area contributed by atoms with E-state index in [1.54, 1.807) is 23.5 Å². The Bertz CT molecular complexity index is 1300. The minimum Gasteiger partial charge on any atom is -0.375 e. The van der Waals surface area contributed by atoms with Gasteiger partial charge in [0.25, 0.3) is 0 Å². The predicted octanol–water partition coefficient (Wildman–Crippen LogP) is 4.14. The summed E-state index contributed by atoms with van der Waals surface area (Å²) in [5.41, 5.74) is 1.82. The first-order chi connectivity index (χ1) is 16.5. The van der Waals surface area contributed by atoms with E-state index in [-0.39, 0.29) is 10.9 Å². The summed E-state index contributed by atoms with van der Waals surface area (Å²) < 4.78 is 19.2. The zero-order chi connectivity index (χ0) is 23.2. The number of likely N-dealkylation sites (tertiary alicyclic amines) is 1. The van der Waals surface area contributed by atoms with E-state index in [2.05, 4.69) is 20.2 Å². The predicted molar refractivity (Wildman–Crippen MR) is 130 cm³/mol. The summed E-state index contributed by atoms with van der Waals surface area (Å²) in [6.07, 6.45) is 7.40. The number of hydrogen-bond acceptors (Lipinski definition) is 7. The van der Waals surface area contributed by atoms with E-state index in [9.17, 15) is 9.18 Å². The number of nitrogens with one attached hydrogen (secondary N) is 1. The summed E-state index contributed by atoms with van der Waals surface area (Å²) in [5, 5.41) is 4.26. The van der Waals surface area contributed by atoms with Crippen LogP contribution in [0.5, 0.6) is 0 Å². The highest BCUT2D eigenvalue weighted by molar-refractivity contribution is 7.19. The number of benzene rings is 1. The molecule has 176 valence electrons. The summed E-state index contributed by atoms with van der Waals surface area (Å²) in [5.74, 6) is 0.233. The molecule has 2 unspecified atom stereocenters. The number of thiophene rings is 1. The fourth-order valence-corrected chi connectivity index (χ4v) is 6.40. The minimum atomic E-state index is -0.464. The maximum absolute atomic E-state index is 13.5. The van der Waals surface area contributed by atoms with Gasteiger partial charge in [0.2, 0.25) is 5.91 Å². The highest BCUT2D eigenvalue weighted by Gasteiger charge is 2.38. The highest BCUT2D eigenvalue weighted by atomic mass is 35.5. The number of carbonyl (C=O) groups is 1. The van der Waals surface area contributed by atoms with Gasteiger partial charge < -0.3 is 15.0 Å². The molecule has 10 heteroatoms. The van der Waals surface area contributed by atoms with Gasteiger partial charge in [0.05, 0.1) is 29.7 Å². The highest BCUT2D eigenvalue weighted by Crippen LogP contribution is 2.38. The van der Waals surface area contributed by atoms with E-state index in [0.717, 1.165) is 53.2 Å². The lowest BCUT2D eigenvalue weighted by atomic mass is 10.0. The fourth-order valence-electron chi connectivity index (χ4n) is 5.02. The molecule has 3 aliphatic rings. The van der Waals surface area contributed by atoms with Crippen LogP contribution in [0.15, 0.2) is 36.7 Å². The van der Waals surface area contributed by atoms with E-state index in [0.29, 0.717) is 36.7 Å². The standard InChI is InChI=1S/C24H23ClFN5O2S/c25-18-8-14(3-4-19(18)26)29-23-22-17-5-7-31(11-20(17)34-24(22)28-13-27-23)21(32)2-1-6-30-10-16-9-15(30)12-33-16/h1-4,8,13,15-16H,5-7,9-12H2,(H,27,28,29). The van der Waals surface area contributed by atoms with Crippen LogP contribution >= 0.6 is 22.9 Å². The lowest BCUT2D eigenvalue weighted by Gasteiger charge is -2.27. The van der Waals surface area contributed by atoms with Crippen LogP contribution in [0.25, 0.3) is 10.2 Å². The fraction of sp³-hybridized carbons (Fsp3) is 0.375. The van der Waals surface area contributed by atoms with Crippen molar-refractivity contribution in [1.82, 2.24) is 19.8 Å². The molecule has 3 aromatic rings. The Labute approximate surface area is 205 Å². The van der Waals surface area contributed by atoms with Crippen LogP contribution in [0.3, 0.4) is 0 Å². The molecule has 0 radical (unpaired) electrons.